The second-order valence-corrected chi connectivity index (χ2v) is 13.6. The third-order valence-corrected chi connectivity index (χ3v) is 10.5. The molecule has 0 bridgehead atoms. The quantitative estimate of drug-likeness (QED) is 0.181. The SMILES string of the molecule is c1ccc(-c2nc(-c3ccccc3)nc(-c3cccc(-n4c5ccc6ccccc6c5c5c6c7ccccc7n(-c7ccccc7)c6ccc54)c3)n2)cc1. The standard InChI is InChI=1S/C49H31N5/c1-4-16-33(17-5-1)47-50-48(34-18-6-2-7-19-34)52-49(51-47)35-20-14-23-37(31-35)54-41-28-27-32-15-10-11-24-38(32)44(41)46-43(54)30-29-42-45(46)39-25-12-13-26-40(39)53(42)36-21-8-3-9-22-36/h1-31H. The lowest BCUT2D eigenvalue weighted by molar-refractivity contribution is 1.07. The number of rotatable bonds is 5. The van der Waals surface area contributed by atoms with Crippen LogP contribution in [0.25, 0.3) is 99.9 Å². The Morgan fingerprint density at radius 1 is 0.296 bits per heavy atom. The normalized spacial score (nSPS) is 11.7. The van der Waals surface area contributed by atoms with Crippen LogP contribution in [0.15, 0.2) is 188 Å². The van der Waals surface area contributed by atoms with Crippen LogP contribution < -0.4 is 0 Å². The Kier molecular flexibility index (Phi) is 6.79. The Bertz CT molecular complexity index is 3140. The van der Waals surface area contributed by atoms with Gasteiger partial charge in [-0.15, -0.1) is 0 Å². The Morgan fingerprint density at radius 3 is 1.44 bits per heavy atom. The summed E-state index contributed by atoms with van der Waals surface area (Å²) in [6.07, 6.45) is 0. The third-order valence-electron chi connectivity index (χ3n) is 10.5. The van der Waals surface area contributed by atoms with Crippen molar-refractivity contribution in [3.05, 3.63) is 188 Å². The summed E-state index contributed by atoms with van der Waals surface area (Å²) in [6.45, 7) is 0. The van der Waals surface area contributed by atoms with Gasteiger partial charge < -0.3 is 9.13 Å². The second kappa shape index (κ2) is 12.1. The van der Waals surface area contributed by atoms with Crippen LogP contribution in [0.2, 0.25) is 0 Å². The lowest BCUT2D eigenvalue weighted by atomic mass is 10.0. The number of hydrogen-bond donors (Lipinski definition) is 0. The van der Waals surface area contributed by atoms with E-state index in [1.807, 2.05) is 60.7 Å². The van der Waals surface area contributed by atoms with Gasteiger partial charge >= 0.3 is 0 Å². The molecule has 0 N–H and O–H groups in total. The van der Waals surface area contributed by atoms with Crippen molar-refractivity contribution >= 4 is 54.4 Å². The zero-order valence-electron chi connectivity index (χ0n) is 29.1. The highest BCUT2D eigenvalue weighted by atomic mass is 15.0. The molecule has 0 aliphatic carbocycles. The smallest absolute Gasteiger partial charge is 0.164 e. The van der Waals surface area contributed by atoms with E-state index >= 15 is 0 Å². The minimum atomic E-state index is 0.629. The van der Waals surface area contributed by atoms with E-state index in [2.05, 4.69) is 137 Å². The van der Waals surface area contributed by atoms with Gasteiger partial charge in [0.2, 0.25) is 0 Å². The summed E-state index contributed by atoms with van der Waals surface area (Å²) in [6, 6.07) is 66.1. The van der Waals surface area contributed by atoms with Gasteiger partial charge in [0.05, 0.1) is 22.1 Å². The van der Waals surface area contributed by atoms with Crippen LogP contribution in [-0.4, -0.2) is 24.1 Å². The number of fused-ring (bicyclic) bond motifs is 9. The molecule has 0 saturated heterocycles. The average Bonchev–Trinajstić information content (AvgIpc) is 3.78. The summed E-state index contributed by atoms with van der Waals surface area (Å²) in [5.41, 5.74) is 9.66. The van der Waals surface area contributed by atoms with E-state index in [0.717, 1.165) is 39.1 Å². The van der Waals surface area contributed by atoms with Crippen molar-refractivity contribution in [3.8, 4) is 45.5 Å². The minimum Gasteiger partial charge on any atom is -0.309 e. The van der Waals surface area contributed by atoms with Crippen molar-refractivity contribution in [2.75, 3.05) is 0 Å². The number of nitrogens with zero attached hydrogens (tertiary/aromatic N) is 5. The molecule has 0 unspecified atom stereocenters. The summed E-state index contributed by atoms with van der Waals surface area (Å²) in [5.74, 6) is 1.92. The fraction of sp³-hybridized carbons (Fsp3) is 0. The van der Waals surface area contributed by atoms with Crippen LogP contribution in [0.4, 0.5) is 0 Å². The first kappa shape index (κ1) is 30.3. The first-order chi connectivity index (χ1) is 26.8. The van der Waals surface area contributed by atoms with Crippen molar-refractivity contribution in [3.63, 3.8) is 0 Å². The van der Waals surface area contributed by atoms with Crippen LogP contribution in [0.3, 0.4) is 0 Å². The Labute approximate surface area is 311 Å². The third kappa shape index (κ3) is 4.69. The molecule has 252 valence electrons. The molecule has 0 aliphatic rings. The maximum Gasteiger partial charge on any atom is 0.164 e. The maximum atomic E-state index is 5.06. The molecular formula is C49H31N5. The number of aromatic nitrogens is 5. The number of para-hydroxylation sites is 2. The predicted octanol–water partition coefficient (Wildman–Crippen LogP) is 12.2. The fourth-order valence-electron chi connectivity index (χ4n) is 8.18. The van der Waals surface area contributed by atoms with Gasteiger partial charge in [0.25, 0.3) is 0 Å². The highest BCUT2D eigenvalue weighted by Gasteiger charge is 2.22. The van der Waals surface area contributed by atoms with Crippen LogP contribution in [0.5, 0.6) is 0 Å². The average molecular weight is 690 g/mol. The molecule has 11 rings (SSSR count). The fourth-order valence-corrected chi connectivity index (χ4v) is 8.18. The van der Waals surface area contributed by atoms with Gasteiger partial charge in [-0.3, -0.25) is 0 Å². The van der Waals surface area contributed by atoms with E-state index in [9.17, 15) is 0 Å². The largest absolute Gasteiger partial charge is 0.309 e. The van der Waals surface area contributed by atoms with Gasteiger partial charge in [0.15, 0.2) is 17.5 Å². The summed E-state index contributed by atoms with van der Waals surface area (Å²) < 4.78 is 4.81. The summed E-state index contributed by atoms with van der Waals surface area (Å²) >= 11 is 0. The van der Waals surface area contributed by atoms with Crippen molar-refractivity contribution in [1.82, 2.24) is 24.1 Å². The van der Waals surface area contributed by atoms with E-state index < -0.39 is 0 Å². The Morgan fingerprint density at radius 2 is 0.759 bits per heavy atom. The topological polar surface area (TPSA) is 48.5 Å². The molecule has 0 amide bonds. The van der Waals surface area contributed by atoms with Gasteiger partial charge in [-0.25, -0.2) is 15.0 Å². The first-order valence-electron chi connectivity index (χ1n) is 18.2. The first-order valence-corrected chi connectivity index (χ1v) is 18.2. The van der Waals surface area contributed by atoms with E-state index in [0.29, 0.717) is 17.5 Å². The lowest BCUT2D eigenvalue weighted by Gasteiger charge is -2.12. The molecule has 0 fully saturated rings. The highest BCUT2D eigenvalue weighted by molar-refractivity contribution is 6.33. The summed E-state index contributed by atoms with van der Waals surface area (Å²) in [5, 5.41) is 7.42. The zero-order chi connectivity index (χ0) is 35.6. The van der Waals surface area contributed by atoms with Crippen LogP contribution in [-0.2, 0) is 0 Å². The van der Waals surface area contributed by atoms with Crippen molar-refractivity contribution in [1.29, 1.82) is 0 Å². The molecule has 54 heavy (non-hydrogen) atoms. The van der Waals surface area contributed by atoms with Crippen molar-refractivity contribution in [2.45, 2.75) is 0 Å². The van der Waals surface area contributed by atoms with Crippen molar-refractivity contribution < 1.29 is 0 Å². The Hall–Kier alpha value is -7.37. The molecule has 11 aromatic rings. The van der Waals surface area contributed by atoms with Crippen LogP contribution >= 0.6 is 0 Å². The monoisotopic (exact) mass is 689 g/mol. The second-order valence-electron chi connectivity index (χ2n) is 13.6. The van der Waals surface area contributed by atoms with Crippen molar-refractivity contribution in [2.24, 2.45) is 0 Å². The number of hydrogen-bond acceptors (Lipinski definition) is 3. The molecule has 3 aromatic heterocycles. The van der Waals surface area contributed by atoms with Gasteiger partial charge in [-0.05, 0) is 59.3 Å². The van der Waals surface area contributed by atoms with E-state index in [1.165, 1.54) is 43.4 Å². The highest BCUT2D eigenvalue weighted by Crippen LogP contribution is 2.44. The Balaban J connectivity index is 1.21. The maximum absolute atomic E-state index is 5.06. The molecule has 5 heteroatoms. The van der Waals surface area contributed by atoms with Gasteiger partial charge in [0.1, 0.15) is 0 Å². The zero-order valence-corrected chi connectivity index (χ0v) is 29.1. The molecule has 5 nitrogen and oxygen atoms in total. The van der Waals surface area contributed by atoms with Gasteiger partial charge in [-0.2, -0.15) is 0 Å². The van der Waals surface area contributed by atoms with Gasteiger partial charge in [0, 0.05) is 49.6 Å². The molecule has 3 heterocycles. The molecular weight excluding hydrogens is 659 g/mol. The lowest BCUT2D eigenvalue weighted by Crippen LogP contribution is -2.01. The number of benzene rings is 8. The summed E-state index contributed by atoms with van der Waals surface area (Å²) in [7, 11) is 0. The summed E-state index contributed by atoms with van der Waals surface area (Å²) in [4.78, 5) is 15.1. The van der Waals surface area contributed by atoms with E-state index in [1.54, 1.807) is 0 Å². The van der Waals surface area contributed by atoms with E-state index in [-0.39, 0.29) is 0 Å². The molecule has 0 saturated carbocycles. The van der Waals surface area contributed by atoms with Gasteiger partial charge in [-0.1, -0.05) is 140 Å². The molecule has 0 radical (unpaired) electrons. The molecule has 8 aromatic carbocycles. The predicted molar refractivity (Wildman–Crippen MR) is 222 cm³/mol. The minimum absolute atomic E-state index is 0.629. The molecule has 0 aliphatic heterocycles. The van der Waals surface area contributed by atoms with Crippen LogP contribution in [0, 0.1) is 0 Å². The van der Waals surface area contributed by atoms with E-state index in [4.69, 9.17) is 15.0 Å². The van der Waals surface area contributed by atoms with Crippen LogP contribution in [0.1, 0.15) is 0 Å². The molecule has 0 atom stereocenters. The molecule has 0 spiro atoms.